The minimum atomic E-state index is -0.467. The van der Waals surface area contributed by atoms with Gasteiger partial charge in [-0.25, -0.2) is 9.37 Å². The fourth-order valence-electron chi connectivity index (χ4n) is 4.55. The van der Waals surface area contributed by atoms with Crippen LogP contribution in [0.15, 0.2) is 4.99 Å². The van der Waals surface area contributed by atoms with Gasteiger partial charge in [0.25, 0.3) is 17.8 Å². The summed E-state index contributed by atoms with van der Waals surface area (Å²) in [4.78, 5) is 35.2. The Hall–Kier alpha value is -1.76. The number of likely N-dealkylation sites (tertiary alicyclic amines) is 1. The van der Waals surface area contributed by atoms with Gasteiger partial charge in [-0.05, 0) is 35.6 Å². The standard InChI is InChI=1S/C20H34N5O2/c1-13(2)7-8-25-16(12-24-10-14(3)9-15(4)11-24)21-18-17(25)19(26)23(6)20(27)22(18)5/h13-15,17H,7-12H2,1-6H3/q+1. The number of carbonyl (C=O) groups excluding carboxylic acids is 2. The molecule has 3 unspecified atom stereocenters. The third-order valence-electron chi connectivity index (χ3n) is 5.87. The van der Waals surface area contributed by atoms with Gasteiger partial charge in [0.2, 0.25) is 0 Å². The molecule has 2 fully saturated rings. The summed E-state index contributed by atoms with van der Waals surface area (Å²) in [5, 5.41) is 0. The van der Waals surface area contributed by atoms with E-state index in [1.165, 1.54) is 16.2 Å². The second-order valence-electron chi connectivity index (χ2n) is 9.04. The van der Waals surface area contributed by atoms with E-state index in [1.54, 1.807) is 14.1 Å². The van der Waals surface area contributed by atoms with E-state index >= 15 is 0 Å². The first-order chi connectivity index (χ1) is 12.7. The largest absolute Gasteiger partial charge is 0.333 e. The first kappa shape index (κ1) is 20.0. The summed E-state index contributed by atoms with van der Waals surface area (Å²) < 4.78 is 2.14. The number of amidine groups is 2. The Bertz CT molecular complexity index is 674. The molecule has 0 spiro atoms. The third-order valence-corrected chi connectivity index (χ3v) is 5.87. The van der Waals surface area contributed by atoms with Crippen molar-refractivity contribution in [3.8, 4) is 0 Å². The van der Waals surface area contributed by atoms with Gasteiger partial charge in [0.15, 0.2) is 0 Å². The molecule has 3 aliphatic heterocycles. The summed E-state index contributed by atoms with van der Waals surface area (Å²) in [6.45, 7) is 12.6. The Balaban J connectivity index is 1.90. The van der Waals surface area contributed by atoms with Gasteiger partial charge in [-0.15, -0.1) is 0 Å². The Labute approximate surface area is 162 Å². The van der Waals surface area contributed by atoms with E-state index in [0.29, 0.717) is 23.6 Å². The first-order valence-electron chi connectivity index (χ1n) is 10.2. The highest BCUT2D eigenvalue weighted by Gasteiger charge is 2.53. The van der Waals surface area contributed by atoms with Crippen LogP contribution in [-0.2, 0) is 4.79 Å². The van der Waals surface area contributed by atoms with Gasteiger partial charge < -0.3 is 0 Å². The van der Waals surface area contributed by atoms with Crippen LogP contribution in [0.2, 0.25) is 0 Å². The van der Waals surface area contributed by atoms with Gasteiger partial charge in [0.1, 0.15) is 6.54 Å². The van der Waals surface area contributed by atoms with E-state index in [0.717, 1.165) is 38.4 Å². The average molecular weight is 377 g/mol. The minimum absolute atomic E-state index is 0.170. The summed E-state index contributed by atoms with van der Waals surface area (Å²) in [6.07, 6.45) is 2.25. The minimum Gasteiger partial charge on any atom is -0.292 e. The first-order valence-corrected chi connectivity index (χ1v) is 10.2. The molecule has 0 N–H and O–H groups in total. The fourth-order valence-corrected chi connectivity index (χ4v) is 4.55. The van der Waals surface area contributed by atoms with Crippen molar-refractivity contribution in [2.24, 2.45) is 22.7 Å². The molecule has 0 aromatic rings. The maximum absolute atomic E-state index is 12.9. The van der Waals surface area contributed by atoms with Crippen LogP contribution in [0.1, 0.15) is 40.5 Å². The van der Waals surface area contributed by atoms with Gasteiger partial charge >= 0.3 is 11.9 Å². The van der Waals surface area contributed by atoms with Crippen LogP contribution in [-0.4, -0.2) is 89.2 Å². The second kappa shape index (κ2) is 7.70. The molecule has 0 saturated carbocycles. The molecule has 2 saturated heterocycles. The lowest BCUT2D eigenvalue weighted by atomic mass is 9.92. The van der Waals surface area contributed by atoms with Crippen LogP contribution in [0.3, 0.4) is 0 Å². The Morgan fingerprint density at radius 2 is 1.74 bits per heavy atom. The van der Waals surface area contributed by atoms with Gasteiger partial charge in [0.05, 0.1) is 6.54 Å². The van der Waals surface area contributed by atoms with E-state index in [1.807, 2.05) is 0 Å². The molecule has 3 atom stereocenters. The molecule has 0 aromatic carbocycles. The molecule has 7 nitrogen and oxygen atoms in total. The molecule has 7 heteroatoms. The molecular formula is C20H34N5O2+. The zero-order chi connectivity index (χ0) is 19.9. The highest BCUT2D eigenvalue weighted by molar-refractivity contribution is 6.23. The fraction of sp³-hybridized carbons (Fsp3) is 0.800. The van der Waals surface area contributed by atoms with E-state index < -0.39 is 6.04 Å². The van der Waals surface area contributed by atoms with Crippen LogP contribution in [0.4, 0.5) is 4.79 Å². The van der Waals surface area contributed by atoms with Crippen molar-refractivity contribution in [1.29, 1.82) is 0 Å². The normalized spacial score (nSPS) is 29.7. The number of fused-ring (bicyclic) bond motifs is 1. The zero-order valence-corrected chi connectivity index (χ0v) is 17.6. The van der Waals surface area contributed by atoms with E-state index in [4.69, 9.17) is 4.99 Å². The smallest absolute Gasteiger partial charge is 0.292 e. The topological polar surface area (TPSA) is 59.2 Å². The summed E-state index contributed by atoms with van der Waals surface area (Å²) in [7, 11) is 3.27. The maximum Gasteiger partial charge on any atom is 0.333 e. The maximum atomic E-state index is 12.9. The van der Waals surface area contributed by atoms with Crippen molar-refractivity contribution >= 4 is 23.6 Å². The Kier molecular flexibility index (Phi) is 5.70. The molecule has 0 radical (unpaired) electrons. The van der Waals surface area contributed by atoms with Crippen molar-refractivity contribution in [2.45, 2.75) is 46.6 Å². The zero-order valence-electron chi connectivity index (χ0n) is 17.6. The summed E-state index contributed by atoms with van der Waals surface area (Å²) in [5.74, 6) is 3.23. The molecule has 0 bridgehead atoms. The Morgan fingerprint density at radius 1 is 1.11 bits per heavy atom. The molecule has 27 heavy (non-hydrogen) atoms. The van der Waals surface area contributed by atoms with Crippen LogP contribution in [0, 0.1) is 17.8 Å². The van der Waals surface area contributed by atoms with Crippen molar-refractivity contribution < 1.29 is 14.2 Å². The molecule has 3 rings (SSSR count). The van der Waals surface area contributed by atoms with E-state index in [9.17, 15) is 9.59 Å². The average Bonchev–Trinajstić information content (AvgIpc) is 2.93. The molecule has 3 amide bonds. The Morgan fingerprint density at radius 3 is 2.33 bits per heavy atom. The lowest BCUT2D eigenvalue weighted by molar-refractivity contribution is -0.537. The monoisotopic (exact) mass is 376 g/mol. The highest BCUT2D eigenvalue weighted by Crippen LogP contribution is 2.23. The molecule has 3 aliphatic rings. The summed E-state index contributed by atoms with van der Waals surface area (Å²) in [5.41, 5.74) is 0. The number of piperidine rings is 1. The number of urea groups is 1. The predicted octanol–water partition coefficient (Wildman–Crippen LogP) is 1.73. The third kappa shape index (κ3) is 3.93. The predicted molar refractivity (Wildman–Crippen MR) is 106 cm³/mol. The number of aliphatic imine (C=N–C) groups is 1. The molecule has 150 valence electrons. The van der Waals surface area contributed by atoms with Crippen molar-refractivity contribution in [1.82, 2.24) is 14.7 Å². The number of hydrogen-bond donors (Lipinski definition) is 0. The number of rotatable bonds is 5. The molecule has 0 aliphatic carbocycles. The van der Waals surface area contributed by atoms with E-state index in [-0.39, 0.29) is 11.9 Å². The van der Waals surface area contributed by atoms with Gasteiger partial charge in [-0.2, -0.15) is 0 Å². The lowest BCUT2D eigenvalue weighted by Crippen LogP contribution is -2.61. The molecule has 3 heterocycles. The molecule has 0 aromatic heterocycles. The second-order valence-corrected chi connectivity index (χ2v) is 9.04. The number of likely N-dealkylation sites (N-methyl/N-ethyl adjacent to an activating group) is 2. The number of amides is 3. The summed E-state index contributed by atoms with van der Waals surface area (Å²) >= 11 is 0. The lowest BCUT2D eigenvalue weighted by Gasteiger charge is -2.34. The van der Waals surface area contributed by atoms with Crippen molar-refractivity contribution in [3.63, 3.8) is 0 Å². The van der Waals surface area contributed by atoms with Crippen LogP contribution < -0.4 is 0 Å². The number of hydrogen-bond acceptors (Lipinski definition) is 4. The van der Waals surface area contributed by atoms with Crippen molar-refractivity contribution in [2.75, 3.05) is 40.3 Å². The van der Waals surface area contributed by atoms with E-state index in [2.05, 4.69) is 37.2 Å². The molecular weight excluding hydrogens is 342 g/mol. The quantitative estimate of drug-likeness (QED) is 0.687. The number of carbonyl (C=O) groups is 2. The van der Waals surface area contributed by atoms with Crippen LogP contribution in [0.25, 0.3) is 0 Å². The van der Waals surface area contributed by atoms with Gasteiger partial charge in [-0.3, -0.25) is 19.5 Å². The van der Waals surface area contributed by atoms with Crippen molar-refractivity contribution in [3.05, 3.63) is 0 Å². The number of imide groups is 1. The van der Waals surface area contributed by atoms with Gasteiger partial charge in [0, 0.05) is 27.2 Å². The highest BCUT2D eigenvalue weighted by atomic mass is 16.2. The van der Waals surface area contributed by atoms with Crippen LogP contribution >= 0.6 is 0 Å². The summed E-state index contributed by atoms with van der Waals surface area (Å²) in [6, 6.07) is -0.772. The number of nitrogens with zero attached hydrogens (tertiary/aromatic N) is 5. The van der Waals surface area contributed by atoms with Crippen LogP contribution in [0.5, 0.6) is 0 Å². The SMILES string of the molecule is CC(C)CC[N+]1=C(CN2CC(C)CC(C)C2)N=C2C1C(=O)N(C)C(=O)N2C. The van der Waals surface area contributed by atoms with Gasteiger partial charge in [-0.1, -0.05) is 27.7 Å².